The quantitative estimate of drug-likeness (QED) is 0.581. The van der Waals surface area contributed by atoms with Crippen molar-refractivity contribution in [1.29, 1.82) is 0 Å². The molecule has 0 aromatic heterocycles. The Bertz CT molecular complexity index is 253. The zero-order valence-electron chi connectivity index (χ0n) is 9.57. The van der Waals surface area contributed by atoms with Crippen molar-refractivity contribution < 1.29 is 0 Å². The van der Waals surface area contributed by atoms with Crippen LogP contribution in [-0.4, -0.2) is 37.9 Å². The van der Waals surface area contributed by atoms with E-state index in [1.165, 1.54) is 17.2 Å². The predicted molar refractivity (Wildman–Crippen MR) is 75.0 cm³/mol. The molecule has 1 N–H and O–H groups in total. The third-order valence-electron chi connectivity index (χ3n) is 2.30. The Morgan fingerprint density at radius 1 is 1.20 bits per heavy atom. The molecule has 0 radical (unpaired) electrons. The normalized spacial score (nSPS) is 12.7. The van der Waals surface area contributed by atoms with Crippen LogP contribution < -0.4 is 10.6 Å². The first-order valence-corrected chi connectivity index (χ1v) is 8.67. The van der Waals surface area contributed by atoms with E-state index >= 15 is 0 Å². The van der Waals surface area contributed by atoms with Crippen molar-refractivity contribution in [3.05, 3.63) is 30.3 Å². The monoisotopic (exact) mass is 241 g/mol. The second-order valence-electron chi connectivity index (χ2n) is 3.50. The summed E-state index contributed by atoms with van der Waals surface area (Å²) in [5.41, 5.74) is 0. The number of hydrogen-bond donors (Lipinski definition) is 1. The molecule has 84 valence electrons. The van der Waals surface area contributed by atoms with Crippen molar-refractivity contribution >= 4 is 25.0 Å². The number of rotatable bonds is 7. The summed E-state index contributed by atoms with van der Waals surface area (Å²) in [4.78, 5) is 0. The average Bonchev–Trinajstić information content (AvgIpc) is 2.30. The van der Waals surface area contributed by atoms with Crippen molar-refractivity contribution in [2.24, 2.45) is 0 Å². The van der Waals surface area contributed by atoms with Gasteiger partial charge in [-0.15, -0.1) is 0 Å². The number of benzene rings is 1. The molecular formula is C12H20NPS. The first-order chi connectivity index (χ1) is 7.34. The fraction of sp³-hybridized carbons (Fsp3) is 0.500. The van der Waals surface area contributed by atoms with Crippen LogP contribution in [0.5, 0.6) is 0 Å². The summed E-state index contributed by atoms with van der Waals surface area (Å²) in [6.45, 7) is 4.65. The molecule has 0 aliphatic carbocycles. The van der Waals surface area contributed by atoms with Gasteiger partial charge in [0.1, 0.15) is 0 Å². The Hall–Kier alpha value is -0.0400. The minimum absolute atomic E-state index is 0.0341. The summed E-state index contributed by atoms with van der Waals surface area (Å²) in [5.74, 6) is 1.22. The second kappa shape index (κ2) is 8.15. The van der Waals surface area contributed by atoms with Crippen molar-refractivity contribution in [2.75, 3.05) is 37.9 Å². The summed E-state index contributed by atoms with van der Waals surface area (Å²) in [5, 5.41) is 5.00. The van der Waals surface area contributed by atoms with Gasteiger partial charge in [-0.3, -0.25) is 0 Å². The van der Waals surface area contributed by atoms with E-state index in [1.54, 1.807) is 0 Å². The maximum absolute atomic E-state index is 3.48. The maximum atomic E-state index is 3.48. The van der Waals surface area contributed by atoms with Gasteiger partial charge in [0.25, 0.3) is 0 Å². The largest absolute Gasteiger partial charge is 0.316 e. The summed E-state index contributed by atoms with van der Waals surface area (Å²) in [6.07, 6.45) is 3.44. The summed E-state index contributed by atoms with van der Waals surface area (Å²) in [7, 11) is 0.0341. The van der Waals surface area contributed by atoms with Crippen LogP contribution in [0, 0.1) is 0 Å². The number of thioether (sulfide) groups is 1. The molecule has 1 unspecified atom stereocenters. The van der Waals surface area contributed by atoms with E-state index in [0.717, 1.165) is 13.1 Å². The molecule has 3 heteroatoms. The van der Waals surface area contributed by atoms with Crippen molar-refractivity contribution in [2.45, 2.75) is 0 Å². The molecule has 0 saturated heterocycles. The van der Waals surface area contributed by atoms with E-state index in [0.29, 0.717) is 0 Å². The molecule has 0 amide bonds. The van der Waals surface area contributed by atoms with E-state index < -0.39 is 0 Å². The molecule has 0 heterocycles. The summed E-state index contributed by atoms with van der Waals surface area (Å²) < 4.78 is 0. The molecule has 0 aliphatic heterocycles. The van der Waals surface area contributed by atoms with E-state index in [9.17, 15) is 0 Å². The van der Waals surface area contributed by atoms with E-state index in [4.69, 9.17) is 0 Å². The number of nitrogens with one attached hydrogen (secondary N) is 1. The molecule has 1 aromatic carbocycles. The van der Waals surface area contributed by atoms with Gasteiger partial charge in [-0.05, 0) is 30.9 Å². The van der Waals surface area contributed by atoms with Gasteiger partial charge in [0.15, 0.2) is 0 Å². The van der Waals surface area contributed by atoms with E-state index in [-0.39, 0.29) is 7.92 Å². The van der Waals surface area contributed by atoms with Gasteiger partial charge < -0.3 is 5.32 Å². The Morgan fingerprint density at radius 3 is 2.60 bits per heavy atom. The molecule has 0 spiro atoms. The number of hydrogen-bond acceptors (Lipinski definition) is 2. The van der Waals surface area contributed by atoms with Crippen LogP contribution in [0.15, 0.2) is 30.3 Å². The van der Waals surface area contributed by atoms with Crippen LogP contribution in [0.25, 0.3) is 0 Å². The lowest BCUT2D eigenvalue weighted by atomic mass is 10.4. The molecule has 1 atom stereocenters. The predicted octanol–water partition coefficient (Wildman–Crippen LogP) is 2.38. The highest BCUT2D eigenvalue weighted by atomic mass is 32.2. The fourth-order valence-electron chi connectivity index (χ4n) is 1.36. The highest BCUT2D eigenvalue weighted by Gasteiger charge is 2.02. The first kappa shape index (κ1) is 13.0. The highest BCUT2D eigenvalue weighted by molar-refractivity contribution is 7.98. The Labute approximate surface area is 98.8 Å². The lowest BCUT2D eigenvalue weighted by Gasteiger charge is -2.12. The van der Waals surface area contributed by atoms with E-state index in [2.05, 4.69) is 48.6 Å². The average molecular weight is 241 g/mol. The SMILES string of the molecule is CSCCNCCP(C)c1ccccc1. The van der Waals surface area contributed by atoms with Gasteiger partial charge in [0, 0.05) is 12.3 Å². The van der Waals surface area contributed by atoms with Crippen LogP contribution >= 0.6 is 19.7 Å². The molecule has 1 rings (SSSR count). The lowest BCUT2D eigenvalue weighted by Crippen LogP contribution is -2.21. The first-order valence-electron chi connectivity index (χ1n) is 5.30. The van der Waals surface area contributed by atoms with Crippen molar-refractivity contribution in [3.8, 4) is 0 Å². The maximum Gasteiger partial charge on any atom is 0.00553 e. The van der Waals surface area contributed by atoms with Crippen LogP contribution in [0.1, 0.15) is 0 Å². The van der Waals surface area contributed by atoms with Gasteiger partial charge in [-0.1, -0.05) is 38.3 Å². The van der Waals surface area contributed by atoms with Gasteiger partial charge in [-0.2, -0.15) is 11.8 Å². The molecule has 0 bridgehead atoms. The minimum atomic E-state index is 0.0341. The zero-order chi connectivity index (χ0) is 10.9. The Kier molecular flexibility index (Phi) is 7.08. The Balaban J connectivity index is 2.16. The van der Waals surface area contributed by atoms with Gasteiger partial charge >= 0.3 is 0 Å². The highest BCUT2D eigenvalue weighted by Crippen LogP contribution is 2.27. The third kappa shape index (κ3) is 5.55. The molecule has 0 fully saturated rings. The lowest BCUT2D eigenvalue weighted by molar-refractivity contribution is 0.773. The van der Waals surface area contributed by atoms with Crippen molar-refractivity contribution in [3.63, 3.8) is 0 Å². The van der Waals surface area contributed by atoms with Crippen LogP contribution in [0.4, 0.5) is 0 Å². The van der Waals surface area contributed by atoms with Gasteiger partial charge in [0.2, 0.25) is 0 Å². The molecule has 15 heavy (non-hydrogen) atoms. The molecule has 0 aliphatic rings. The van der Waals surface area contributed by atoms with Gasteiger partial charge in [0.05, 0.1) is 0 Å². The smallest absolute Gasteiger partial charge is 0.00553 e. The topological polar surface area (TPSA) is 12.0 Å². The standard InChI is InChI=1S/C12H20NPS/c1-14(10-8-13-9-11-15-2)12-6-4-3-5-7-12/h3-7,13H,8-11H2,1-2H3. The molecule has 1 aromatic rings. The zero-order valence-corrected chi connectivity index (χ0v) is 11.3. The van der Waals surface area contributed by atoms with Crippen LogP contribution in [0.2, 0.25) is 0 Å². The van der Waals surface area contributed by atoms with Crippen LogP contribution in [0.3, 0.4) is 0 Å². The van der Waals surface area contributed by atoms with Gasteiger partial charge in [-0.25, -0.2) is 0 Å². The minimum Gasteiger partial charge on any atom is -0.316 e. The fourth-order valence-corrected chi connectivity index (χ4v) is 3.14. The molecule has 0 saturated carbocycles. The third-order valence-corrected chi connectivity index (χ3v) is 4.99. The van der Waals surface area contributed by atoms with E-state index in [1.807, 2.05) is 11.8 Å². The molecule has 1 nitrogen and oxygen atoms in total. The summed E-state index contributed by atoms with van der Waals surface area (Å²) >= 11 is 1.90. The molecular weight excluding hydrogens is 221 g/mol. The van der Waals surface area contributed by atoms with Crippen molar-refractivity contribution in [1.82, 2.24) is 5.32 Å². The summed E-state index contributed by atoms with van der Waals surface area (Å²) in [6, 6.07) is 10.8. The van der Waals surface area contributed by atoms with Crippen LogP contribution in [-0.2, 0) is 0 Å². The second-order valence-corrected chi connectivity index (χ2v) is 6.85. The Morgan fingerprint density at radius 2 is 1.93 bits per heavy atom.